The van der Waals surface area contributed by atoms with Gasteiger partial charge in [-0.25, -0.2) is 4.39 Å². The van der Waals surface area contributed by atoms with Crippen LogP contribution in [0.2, 0.25) is 0 Å². The Morgan fingerprint density at radius 3 is 2.39 bits per heavy atom. The molecular formula is C26H31FN2O2. The number of rotatable bonds is 5. The van der Waals surface area contributed by atoms with Gasteiger partial charge in [0.1, 0.15) is 18.4 Å². The fourth-order valence-electron chi connectivity index (χ4n) is 5.14. The van der Waals surface area contributed by atoms with Gasteiger partial charge in [-0.3, -0.25) is 9.59 Å². The minimum atomic E-state index is -0.699. The highest BCUT2D eigenvalue weighted by Crippen LogP contribution is 2.37. The lowest BCUT2D eigenvalue weighted by Crippen LogP contribution is -2.60. The van der Waals surface area contributed by atoms with Gasteiger partial charge in [0, 0.05) is 12.6 Å². The predicted molar refractivity (Wildman–Crippen MR) is 119 cm³/mol. The topological polar surface area (TPSA) is 40.6 Å². The summed E-state index contributed by atoms with van der Waals surface area (Å²) in [6.07, 6.45) is 3.85. The highest BCUT2D eigenvalue weighted by atomic mass is 19.1. The highest BCUT2D eigenvalue weighted by molar-refractivity contribution is 5.95. The van der Waals surface area contributed by atoms with Crippen molar-refractivity contribution in [3.05, 3.63) is 71.5 Å². The zero-order chi connectivity index (χ0) is 22.0. The monoisotopic (exact) mass is 422 g/mol. The Morgan fingerprint density at radius 2 is 1.68 bits per heavy atom. The summed E-state index contributed by atoms with van der Waals surface area (Å²) in [5.74, 6) is 0.471. The molecule has 2 aliphatic rings. The molecular weight excluding hydrogens is 391 g/mol. The maximum absolute atomic E-state index is 13.8. The molecule has 2 aromatic rings. The summed E-state index contributed by atoms with van der Waals surface area (Å²) in [5.41, 5.74) is 1.80. The summed E-state index contributed by atoms with van der Waals surface area (Å²) in [5, 5.41) is 0. The van der Waals surface area contributed by atoms with E-state index < -0.39 is 6.04 Å². The fraction of sp³-hybridized carbons (Fsp3) is 0.462. The molecule has 1 saturated heterocycles. The summed E-state index contributed by atoms with van der Waals surface area (Å²) in [6, 6.07) is 15.4. The van der Waals surface area contributed by atoms with Crippen LogP contribution in [0.5, 0.6) is 0 Å². The van der Waals surface area contributed by atoms with Gasteiger partial charge in [-0.05, 0) is 47.9 Å². The van der Waals surface area contributed by atoms with E-state index in [-0.39, 0.29) is 30.2 Å². The average Bonchev–Trinajstić information content (AvgIpc) is 2.77. The van der Waals surface area contributed by atoms with Crippen LogP contribution in [0.25, 0.3) is 0 Å². The molecule has 2 aromatic carbocycles. The van der Waals surface area contributed by atoms with Gasteiger partial charge in [0.05, 0.1) is 0 Å². The van der Waals surface area contributed by atoms with Crippen molar-refractivity contribution in [3.63, 3.8) is 0 Å². The van der Waals surface area contributed by atoms with Crippen molar-refractivity contribution in [2.24, 2.45) is 11.8 Å². The molecule has 0 spiro atoms. The lowest BCUT2D eigenvalue weighted by atomic mass is 9.77. The van der Waals surface area contributed by atoms with Gasteiger partial charge in [-0.15, -0.1) is 0 Å². The Bertz CT molecular complexity index is 915. The lowest BCUT2D eigenvalue weighted by Gasteiger charge is -2.47. The quantitative estimate of drug-likeness (QED) is 0.706. The van der Waals surface area contributed by atoms with Crippen LogP contribution >= 0.6 is 0 Å². The Hall–Kier alpha value is -2.69. The number of hydrogen-bond acceptors (Lipinski definition) is 2. The van der Waals surface area contributed by atoms with E-state index in [9.17, 15) is 14.0 Å². The molecule has 0 bridgehead atoms. The lowest BCUT2D eigenvalue weighted by molar-refractivity contribution is -0.160. The number of amides is 2. The molecule has 5 heteroatoms. The van der Waals surface area contributed by atoms with Crippen molar-refractivity contribution < 1.29 is 14.0 Å². The molecule has 1 heterocycles. The molecule has 4 atom stereocenters. The number of carbonyl (C=O) groups is 2. The average molecular weight is 423 g/mol. The number of piperazine rings is 1. The number of benzene rings is 2. The van der Waals surface area contributed by atoms with Crippen LogP contribution in [0.1, 0.15) is 50.3 Å². The second kappa shape index (κ2) is 9.21. The van der Waals surface area contributed by atoms with E-state index in [1.54, 1.807) is 17.0 Å². The minimum Gasteiger partial charge on any atom is -0.328 e. The third-order valence-electron chi connectivity index (χ3n) is 7.19. The third kappa shape index (κ3) is 4.51. The molecule has 4 nitrogen and oxygen atoms in total. The highest BCUT2D eigenvalue weighted by Gasteiger charge is 2.44. The smallest absolute Gasteiger partial charge is 0.250 e. The van der Waals surface area contributed by atoms with E-state index >= 15 is 0 Å². The molecule has 0 aromatic heterocycles. The second-order valence-electron chi connectivity index (χ2n) is 9.08. The Kier molecular flexibility index (Phi) is 6.40. The molecule has 1 aliphatic heterocycles. The zero-order valence-corrected chi connectivity index (χ0v) is 18.3. The number of hydrogen-bond donors (Lipinski definition) is 0. The Morgan fingerprint density at radius 1 is 0.968 bits per heavy atom. The maximum Gasteiger partial charge on any atom is 0.250 e. The first kappa shape index (κ1) is 21.5. The van der Waals surface area contributed by atoms with Crippen LogP contribution < -0.4 is 0 Å². The van der Waals surface area contributed by atoms with Gasteiger partial charge in [0.25, 0.3) is 5.91 Å². The van der Waals surface area contributed by atoms with E-state index in [2.05, 4.69) is 13.8 Å². The first-order chi connectivity index (χ1) is 15.0. The van der Waals surface area contributed by atoms with Crippen molar-refractivity contribution in [3.8, 4) is 0 Å². The number of carbonyl (C=O) groups excluding carboxylic acids is 2. The molecule has 0 N–H and O–H groups in total. The SMILES string of the molecule is C[C@@H]1[C@H](C)CCC[C@@H]1N1CC(=O)N(CCc2ccccc2)[C@H](c2ccc(F)cc2)C1=O. The predicted octanol–water partition coefficient (Wildman–Crippen LogP) is 4.61. The van der Waals surface area contributed by atoms with E-state index in [1.165, 1.54) is 12.1 Å². The van der Waals surface area contributed by atoms with Crippen molar-refractivity contribution in [2.45, 2.75) is 51.6 Å². The van der Waals surface area contributed by atoms with Gasteiger partial charge in [-0.1, -0.05) is 69.2 Å². The first-order valence-corrected chi connectivity index (χ1v) is 11.3. The molecule has 1 aliphatic carbocycles. The Balaban J connectivity index is 1.63. The van der Waals surface area contributed by atoms with Crippen LogP contribution in [-0.2, 0) is 16.0 Å². The molecule has 1 saturated carbocycles. The van der Waals surface area contributed by atoms with Gasteiger partial charge < -0.3 is 9.80 Å². The van der Waals surface area contributed by atoms with Crippen molar-refractivity contribution >= 4 is 11.8 Å². The standard InChI is InChI=1S/C26H31FN2O2/c1-18-7-6-10-23(19(18)2)29-17-24(30)28(16-15-20-8-4-3-5-9-20)25(26(29)31)21-11-13-22(27)14-12-21/h3-5,8-9,11-14,18-19,23,25H,6-7,10,15-17H2,1-2H3/t18-,19-,23+,25-/m1/s1. The molecule has 31 heavy (non-hydrogen) atoms. The normalized spacial score (nSPS) is 26.9. The second-order valence-corrected chi connectivity index (χ2v) is 9.08. The van der Waals surface area contributed by atoms with E-state index in [1.807, 2.05) is 35.2 Å². The summed E-state index contributed by atoms with van der Waals surface area (Å²) in [7, 11) is 0. The fourth-order valence-corrected chi connectivity index (χ4v) is 5.14. The van der Waals surface area contributed by atoms with Crippen LogP contribution in [0.15, 0.2) is 54.6 Å². The van der Waals surface area contributed by atoms with E-state index in [4.69, 9.17) is 0 Å². The van der Waals surface area contributed by atoms with Crippen molar-refractivity contribution in [1.29, 1.82) is 0 Å². The van der Waals surface area contributed by atoms with Gasteiger partial charge >= 0.3 is 0 Å². The van der Waals surface area contributed by atoms with Crippen molar-refractivity contribution in [2.75, 3.05) is 13.1 Å². The molecule has 0 radical (unpaired) electrons. The van der Waals surface area contributed by atoms with E-state index in [0.717, 1.165) is 24.8 Å². The summed E-state index contributed by atoms with van der Waals surface area (Å²) in [6.45, 7) is 5.02. The van der Waals surface area contributed by atoms with Gasteiger partial charge in [0.2, 0.25) is 5.91 Å². The Labute approximate surface area is 184 Å². The van der Waals surface area contributed by atoms with Crippen LogP contribution in [-0.4, -0.2) is 40.7 Å². The van der Waals surface area contributed by atoms with Crippen LogP contribution in [0, 0.1) is 17.7 Å². The maximum atomic E-state index is 13.8. The molecule has 2 fully saturated rings. The molecule has 0 unspecified atom stereocenters. The molecule has 4 rings (SSSR count). The molecule has 2 amide bonds. The third-order valence-corrected chi connectivity index (χ3v) is 7.19. The zero-order valence-electron chi connectivity index (χ0n) is 18.3. The van der Waals surface area contributed by atoms with Gasteiger partial charge in [-0.2, -0.15) is 0 Å². The minimum absolute atomic E-state index is 0.0321. The van der Waals surface area contributed by atoms with Gasteiger partial charge in [0.15, 0.2) is 0 Å². The number of nitrogens with zero attached hydrogens (tertiary/aromatic N) is 2. The number of halogens is 1. The molecule has 164 valence electrons. The van der Waals surface area contributed by atoms with Crippen LogP contribution in [0.4, 0.5) is 4.39 Å². The largest absolute Gasteiger partial charge is 0.328 e. The summed E-state index contributed by atoms with van der Waals surface area (Å²) in [4.78, 5) is 30.6. The van der Waals surface area contributed by atoms with Crippen LogP contribution in [0.3, 0.4) is 0 Å². The van der Waals surface area contributed by atoms with Crippen molar-refractivity contribution in [1.82, 2.24) is 9.80 Å². The summed E-state index contributed by atoms with van der Waals surface area (Å²) < 4.78 is 13.6. The first-order valence-electron chi connectivity index (χ1n) is 11.3. The summed E-state index contributed by atoms with van der Waals surface area (Å²) >= 11 is 0. The van der Waals surface area contributed by atoms with E-state index in [0.29, 0.717) is 30.4 Å².